The molecule has 0 saturated carbocycles. The lowest BCUT2D eigenvalue weighted by molar-refractivity contribution is 0.675. The molecule has 3 nitrogen and oxygen atoms in total. The van der Waals surface area contributed by atoms with Crippen LogP contribution in [0.1, 0.15) is 22.6 Å². The van der Waals surface area contributed by atoms with E-state index in [1.54, 1.807) is 0 Å². The second-order valence-corrected chi connectivity index (χ2v) is 4.70. The molecule has 0 aliphatic carbocycles. The molecule has 2 aromatic heterocycles. The lowest BCUT2D eigenvalue weighted by atomic mass is 10.2. The van der Waals surface area contributed by atoms with Crippen LogP contribution in [-0.4, -0.2) is 16.1 Å². The Labute approximate surface area is 109 Å². The van der Waals surface area contributed by atoms with Gasteiger partial charge in [0.15, 0.2) is 0 Å². The average Bonchev–Trinajstić information content (AvgIpc) is 2.64. The minimum Gasteiger partial charge on any atom is -0.352 e. The Morgan fingerprint density at radius 1 is 1.28 bits per heavy atom. The maximum atomic E-state index is 4.31. The van der Waals surface area contributed by atoms with E-state index in [1.807, 2.05) is 18.3 Å². The van der Waals surface area contributed by atoms with Crippen molar-refractivity contribution in [3.8, 4) is 0 Å². The van der Waals surface area contributed by atoms with Crippen LogP contribution >= 0.6 is 0 Å². The molecule has 0 fully saturated rings. The van der Waals surface area contributed by atoms with Crippen molar-refractivity contribution in [1.29, 1.82) is 0 Å². The number of nitrogens with one attached hydrogen (secondary N) is 1. The van der Waals surface area contributed by atoms with Gasteiger partial charge in [-0.2, -0.15) is 0 Å². The van der Waals surface area contributed by atoms with Gasteiger partial charge in [0.2, 0.25) is 0 Å². The normalized spacial score (nSPS) is 10.8. The highest BCUT2D eigenvalue weighted by Crippen LogP contribution is 2.12. The summed E-state index contributed by atoms with van der Waals surface area (Å²) in [5.74, 6) is 0. The molecular formula is C15H21N3. The fourth-order valence-electron chi connectivity index (χ4n) is 2.10. The van der Waals surface area contributed by atoms with Crippen molar-refractivity contribution in [2.45, 2.75) is 26.8 Å². The van der Waals surface area contributed by atoms with Crippen LogP contribution in [0.3, 0.4) is 0 Å². The lowest BCUT2D eigenvalue weighted by Crippen LogP contribution is -2.17. The summed E-state index contributed by atoms with van der Waals surface area (Å²) in [4.78, 5) is 4.31. The minimum atomic E-state index is 0.931. The molecule has 0 aliphatic rings. The van der Waals surface area contributed by atoms with Crippen molar-refractivity contribution in [2.75, 3.05) is 6.54 Å². The first-order chi connectivity index (χ1) is 8.68. The van der Waals surface area contributed by atoms with E-state index in [2.05, 4.69) is 47.9 Å². The summed E-state index contributed by atoms with van der Waals surface area (Å²) in [6, 6.07) is 8.31. The fraction of sp³-hybridized carbons (Fsp3) is 0.400. The second-order valence-electron chi connectivity index (χ2n) is 4.70. The number of hydrogen-bond acceptors (Lipinski definition) is 2. The molecule has 1 N–H and O–H groups in total. The SMILES string of the molecule is Cc1cc(CNCCc2ccccn2)c(C)n1C. The van der Waals surface area contributed by atoms with Gasteiger partial charge in [0.1, 0.15) is 0 Å². The molecule has 2 aromatic rings. The number of aromatic nitrogens is 2. The van der Waals surface area contributed by atoms with Crippen LogP contribution in [0.5, 0.6) is 0 Å². The van der Waals surface area contributed by atoms with Gasteiger partial charge in [0, 0.05) is 49.8 Å². The van der Waals surface area contributed by atoms with Crippen molar-refractivity contribution in [1.82, 2.24) is 14.9 Å². The molecule has 2 rings (SSSR count). The smallest absolute Gasteiger partial charge is 0.0416 e. The molecule has 3 heteroatoms. The monoisotopic (exact) mass is 243 g/mol. The van der Waals surface area contributed by atoms with Gasteiger partial charge in [0.05, 0.1) is 0 Å². The zero-order valence-corrected chi connectivity index (χ0v) is 11.4. The average molecular weight is 243 g/mol. The van der Waals surface area contributed by atoms with E-state index in [0.717, 1.165) is 25.2 Å². The van der Waals surface area contributed by atoms with E-state index in [-0.39, 0.29) is 0 Å². The summed E-state index contributed by atoms with van der Waals surface area (Å²) in [7, 11) is 2.11. The topological polar surface area (TPSA) is 29.9 Å². The molecular weight excluding hydrogens is 222 g/mol. The quantitative estimate of drug-likeness (QED) is 0.817. The van der Waals surface area contributed by atoms with Crippen LogP contribution in [-0.2, 0) is 20.0 Å². The molecule has 18 heavy (non-hydrogen) atoms. The van der Waals surface area contributed by atoms with Gasteiger partial charge in [-0.15, -0.1) is 0 Å². The Bertz CT molecular complexity index is 500. The minimum absolute atomic E-state index is 0.931. The molecule has 0 spiro atoms. The van der Waals surface area contributed by atoms with Crippen LogP contribution in [0.2, 0.25) is 0 Å². The number of pyridine rings is 1. The van der Waals surface area contributed by atoms with Crippen LogP contribution in [0.25, 0.3) is 0 Å². The molecule has 0 bridgehead atoms. The number of aryl methyl sites for hydroxylation is 1. The Morgan fingerprint density at radius 2 is 2.11 bits per heavy atom. The third-order valence-electron chi connectivity index (χ3n) is 3.48. The largest absolute Gasteiger partial charge is 0.352 e. The third-order valence-corrected chi connectivity index (χ3v) is 3.48. The number of rotatable bonds is 5. The Balaban J connectivity index is 1.80. The van der Waals surface area contributed by atoms with Crippen molar-refractivity contribution in [3.05, 3.63) is 53.1 Å². The zero-order chi connectivity index (χ0) is 13.0. The number of hydrogen-bond donors (Lipinski definition) is 1. The van der Waals surface area contributed by atoms with Gasteiger partial charge < -0.3 is 9.88 Å². The van der Waals surface area contributed by atoms with Crippen LogP contribution in [0.15, 0.2) is 30.5 Å². The molecule has 2 heterocycles. The summed E-state index contributed by atoms with van der Waals surface area (Å²) in [5.41, 5.74) is 5.19. The van der Waals surface area contributed by atoms with Gasteiger partial charge in [-0.1, -0.05) is 6.07 Å². The molecule has 0 unspecified atom stereocenters. The van der Waals surface area contributed by atoms with E-state index in [1.165, 1.54) is 17.0 Å². The van der Waals surface area contributed by atoms with Crippen LogP contribution < -0.4 is 5.32 Å². The molecule has 0 amide bonds. The summed E-state index contributed by atoms with van der Waals surface area (Å²) < 4.78 is 2.23. The van der Waals surface area contributed by atoms with Crippen molar-refractivity contribution < 1.29 is 0 Å². The molecule has 0 radical (unpaired) electrons. The Hall–Kier alpha value is -1.61. The van der Waals surface area contributed by atoms with Crippen LogP contribution in [0.4, 0.5) is 0 Å². The van der Waals surface area contributed by atoms with Gasteiger partial charge in [-0.25, -0.2) is 0 Å². The first-order valence-corrected chi connectivity index (χ1v) is 6.41. The van der Waals surface area contributed by atoms with E-state index >= 15 is 0 Å². The fourth-order valence-corrected chi connectivity index (χ4v) is 2.10. The zero-order valence-electron chi connectivity index (χ0n) is 11.4. The maximum Gasteiger partial charge on any atom is 0.0416 e. The number of nitrogens with zero attached hydrogens (tertiary/aromatic N) is 2. The van der Waals surface area contributed by atoms with Crippen LogP contribution in [0, 0.1) is 13.8 Å². The van der Waals surface area contributed by atoms with Gasteiger partial charge in [-0.05, 0) is 37.6 Å². The summed E-state index contributed by atoms with van der Waals surface area (Å²) in [6.07, 6.45) is 2.83. The van der Waals surface area contributed by atoms with Crippen molar-refractivity contribution >= 4 is 0 Å². The van der Waals surface area contributed by atoms with E-state index in [0.29, 0.717) is 0 Å². The highest BCUT2D eigenvalue weighted by atomic mass is 15.0. The second kappa shape index (κ2) is 5.83. The Morgan fingerprint density at radius 3 is 2.72 bits per heavy atom. The van der Waals surface area contributed by atoms with Gasteiger partial charge in [0.25, 0.3) is 0 Å². The molecule has 96 valence electrons. The van der Waals surface area contributed by atoms with E-state index in [4.69, 9.17) is 0 Å². The summed E-state index contributed by atoms with van der Waals surface area (Å²) in [5, 5.41) is 3.48. The highest BCUT2D eigenvalue weighted by molar-refractivity contribution is 5.26. The first kappa shape index (κ1) is 12.8. The summed E-state index contributed by atoms with van der Waals surface area (Å²) in [6.45, 7) is 6.21. The first-order valence-electron chi connectivity index (χ1n) is 6.41. The van der Waals surface area contributed by atoms with Gasteiger partial charge >= 0.3 is 0 Å². The van der Waals surface area contributed by atoms with E-state index < -0.39 is 0 Å². The molecule has 0 aliphatic heterocycles. The van der Waals surface area contributed by atoms with Crippen molar-refractivity contribution in [3.63, 3.8) is 0 Å². The maximum absolute atomic E-state index is 4.31. The predicted molar refractivity (Wildman–Crippen MR) is 74.5 cm³/mol. The van der Waals surface area contributed by atoms with Gasteiger partial charge in [-0.3, -0.25) is 4.98 Å². The molecule has 0 aromatic carbocycles. The molecule has 0 saturated heterocycles. The predicted octanol–water partition coefficient (Wildman–Crippen LogP) is 2.37. The highest BCUT2D eigenvalue weighted by Gasteiger charge is 2.04. The molecule has 0 atom stereocenters. The van der Waals surface area contributed by atoms with E-state index in [9.17, 15) is 0 Å². The Kier molecular flexibility index (Phi) is 4.15. The standard InChI is InChI=1S/C15H21N3/c1-12-10-14(13(2)18(12)3)11-16-9-7-15-6-4-5-8-17-15/h4-6,8,10,16H,7,9,11H2,1-3H3. The van der Waals surface area contributed by atoms with Crippen molar-refractivity contribution in [2.24, 2.45) is 7.05 Å². The lowest BCUT2D eigenvalue weighted by Gasteiger charge is -2.05. The summed E-state index contributed by atoms with van der Waals surface area (Å²) >= 11 is 0. The third kappa shape index (κ3) is 2.99.